The largest absolute Gasteiger partial charge is 0.246 e. The van der Waals surface area contributed by atoms with Crippen LogP contribution in [0, 0.1) is 0 Å². The molecule has 42 valence electrons. The molecule has 0 N–H and O–H groups in total. The molecule has 0 aliphatic heterocycles. The molecule has 0 saturated heterocycles. The van der Waals surface area contributed by atoms with Crippen LogP contribution in [0.4, 0.5) is 8.78 Å². The first-order valence-electron chi connectivity index (χ1n) is 2.11. The highest BCUT2D eigenvalue weighted by atomic mass is 19.1. The van der Waals surface area contributed by atoms with E-state index in [1.807, 2.05) is 0 Å². The molecule has 0 saturated carbocycles. The molecule has 0 bridgehead atoms. The summed E-state index contributed by atoms with van der Waals surface area (Å²) in [5, 5.41) is 0. The second-order valence-corrected chi connectivity index (χ2v) is 1.21. The first kappa shape index (κ1) is 6.60. The molecule has 0 aliphatic rings. The van der Waals surface area contributed by atoms with Crippen LogP contribution < -0.4 is 0 Å². The van der Waals surface area contributed by atoms with Gasteiger partial charge in [-0.1, -0.05) is 6.08 Å². The number of alkyl halides is 2. The molecule has 0 rings (SSSR count). The van der Waals surface area contributed by atoms with Gasteiger partial charge in [0, 0.05) is 0 Å². The minimum atomic E-state index is -0.660. The summed E-state index contributed by atoms with van der Waals surface area (Å²) in [6.07, 6.45) is 1.44. The zero-order valence-electron chi connectivity index (χ0n) is 4.25. The highest BCUT2D eigenvalue weighted by molar-refractivity contribution is 4.99. The molecule has 0 aliphatic carbocycles. The fraction of sp³-hybridized carbons (Fsp3) is 0.600. The maximum Gasteiger partial charge on any atom is 0.113 e. The third kappa shape index (κ3) is 2.31. The van der Waals surface area contributed by atoms with Gasteiger partial charge in [-0.15, -0.1) is 0 Å². The highest BCUT2D eigenvalue weighted by Crippen LogP contribution is 1.93. The van der Waals surface area contributed by atoms with Crippen molar-refractivity contribution in [3.05, 3.63) is 11.6 Å². The second-order valence-electron chi connectivity index (χ2n) is 1.21. The summed E-state index contributed by atoms with van der Waals surface area (Å²) >= 11 is 0. The fourth-order valence-electron chi connectivity index (χ4n) is 0.190. The van der Waals surface area contributed by atoms with Gasteiger partial charge in [0.15, 0.2) is 0 Å². The molecule has 2 heteroatoms. The summed E-state index contributed by atoms with van der Waals surface area (Å²) in [7, 11) is 0. The van der Waals surface area contributed by atoms with Gasteiger partial charge in [0.1, 0.15) is 13.3 Å². The topological polar surface area (TPSA) is 0 Å². The van der Waals surface area contributed by atoms with Crippen molar-refractivity contribution in [1.82, 2.24) is 0 Å². The number of allylic oxidation sites excluding steroid dienone is 2. The average Bonchev–Trinajstić information content (AvgIpc) is 1.72. The lowest BCUT2D eigenvalue weighted by atomic mass is 10.3. The average molecular weight is 106 g/mol. The van der Waals surface area contributed by atoms with Crippen LogP contribution in [-0.2, 0) is 0 Å². The smallest absolute Gasteiger partial charge is 0.113 e. The Morgan fingerprint density at radius 1 is 1.43 bits per heavy atom. The third-order valence-corrected chi connectivity index (χ3v) is 0.752. The van der Waals surface area contributed by atoms with Gasteiger partial charge in [-0.25, -0.2) is 8.78 Å². The van der Waals surface area contributed by atoms with Gasteiger partial charge < -0.3 is 0 Å². The minimum absolute atomic E-state index is 0.222. The molecule has 0 radical (unpaired) electrons. The van der Waals surface area contributed by atoms with Crippen molar-refractivity contribution in [1.29, 1.82) is 0 Å². The molecule has 0 spiro atoms. The highest BCUT2D eigenvalue weighted by Gasteiger charge is 1.88. The monoisotopic (exact) mass is 106 g/mol. The van der Waals surface area contributed by atoms with Crippen molar-refractivity contribution in [2.75, 3.05) is 13.3 Å². The molecule has 0 aromatic rings. The molecule has 0 aromatic carbocycles. The Labute approximate surface area is 41.8 Å². The summed E-state index contributed by atoms with van der Waals surface area (Å²) in [5.74, 6) is 0. The van der Waals surface area contributed by atoms with Gasteiger partial charge in [-0.05, 0) is 12.5 Å². The van der Waals surface area contributed by atoms with E-state index in [4.69, 9.17) is 0 Å². The van der Waals surface area contributed by atoms with E-state index in [1.165, 1.54) is 6.08 Å². The summed E-state index contributed by atoms with van der Waals surface area (Å²) in [4.78, 5) is 0. The summed E-state index contributed by atoms with van der Waals surface area (Å²) in [6, 6.07) is 0. The van der Waals surface area contributed by atoms with Crippen LogP contribution in [0.3, 0.4) is 0 Å². The SMILES string of the molecule is CC=C(CF)CF. The maximum absolute atomic E-state index is 11.3. The standard InChI is InChI=1S/C5H8F2/c1-2-5(3-6)4-7/h2H,3-4H2,1H3. The zero-order valence-corrected chi connectivity index (χ0v) is 4.25. The molecule has 0 nitrogen and oxygen atoms in total. The third-order valence-electron chi connectivity index (χ3n) is 0.752. The van der Waals surface area contributed by atoms with Crippen LogP contribution in [-0.4, -0.2) is 13.3 Å². The summed E-state index contributed by atoms with van der Waals surface area (Å²) in [6.45, 7) is 0.300. The molecule has 0 aromatic heterocycles. The predicted molar refractivity (Wildman–Crippen MR) is 25.7 cm³/mol. The molecule has 0 heterocycles. The fourth-order valence-corrected chi connectivity index (χ4v) is 0.190. The normalized spacial score (nSPS) is 8.43. The Morgan fingerprint density at radius 3 is 1.86 bits per heavy atom. The van der Waals surface area contributed by atoms with Crippen molar-refractivity contribution in [2.24, 2.45) is 0 Å². The lowest BCUT2D eigenvalue weighted by molar-refractivity contribution is 0.474. The summed E-state index contributed by atoms with van der Waals surface area (Å²) in [5.41, 5.74) is 0.222. The zero-order chi connectivity index (χ0) is 5.70. The molecule has 0 amide bonds. The van der Waals surface area contributed by atoms with Crippen LogP contribution in [0.1, 0.15) is 6.92 Å². The number of rotatable bonds is 2. The van der Waals surface area contributed by atoms with Crippen LogP contribution in [0.25, 0.3) is 0 Å². The second kappa shape index (κ2) is 3.78. The van der Waals surface area contributed by atoms with E-state index in [9.17, 15) is 8.78 Å². The van der Waals surface area contributed by atoms with Crippen molar-refractivity contribution in [3.63, 3.8) is 0 Å². The van der Waals surface area contributed by atoms with Gasteiger partial charge >= 0.3 is 0 Å². The lowest BCUT2D eigenvalue weighted by Gasteiger charge is -1.87. The van der Waals surface area contributed by atoms with E-state index >= 15 is 0 Å². The van der Waals surface area contributed by atoms with Gasteiger partial charge in [-0.3, -0.25) is 0 Å². The number of hydrogen-bond acceptors (Lipinski definition) is 0. The quantitative estimate of drug-likeness (QED) is 0.471. The van der Waals surface area contributed by atoms with Crippen LogP contribution in [0.5, 0.6) is 0 Å². The number of halogens is 2. The Hall–Kier alpha value is -0.400. The van der Waals surface area contributed by atoms with E-state index in [1.54, 1.807) is 6.92 Å². The molecule has 0 unspecified atom stereocenters. The Balaban J connectivity index is 3.38. The molecule has 0 fully saturated rings. The Kier molecular flexibility index (Phi) is 3.56. The Bertz CT molecular complexity index is 60.5. The molecular formula is C5H8F2. The van der Waals surface area contributed by atoms with Gasteiger partial charge in [-0.2, -0.15) is 0 Å². The van der Waals surface area contributed by atoms with E-state index in [-0.39, 0.29) is 5.57 Å². The Morgan fingerprint density at radius 2 is 1.86 bits per heavy atom. The van der Waals surface area contributed by atoms with Crippen LogP contribution >= 0.6 is 0 Å². The van der Waals surface area contributed by atoms with Crippen LogP contribution in [0.2, 0.25) is 0 Å². The first-order chi connectivity index (χ1) is 3.35. The van der Waals surface area contributed by atoms with E-state index < -0.39 is 13.3 Å². The van der Waals surface area contributed by atoms with Crippen molar-refractivity contribution >= 4 is 0 Å². The van der Waals surface area contributed by atoms with Gasteiger partial charge in [0.2, 0.25) is 0 Å². The van der Waals surface area contributed by atoms with E-state index in [0.717, 1.165) is 0 Å². The maximum atomic E-state index is 11.3. The summed E-state index contributed by atoms with van der Waals surface area (Å²) < 4.78 is 22.7. The lowest BCUT2D eigenvalue weighted by Crippen LogP contribution is -1.84. The molecule has 0 atom stereocenters. The van der Waals surface area contributed by atoms with Gasteiger partial charge in [0.05, 0.1) is 0 Å². The van der Waals surface area contributed by atoms with Gasteiger partial charge in [0.25, 0.3) is 0 Å². The number of hydrogen-bond donors (Lipinski definition) is 0. The van der Waals surface area contributed by atoms with Crippen LogP contribution in [0.15, 0.2) is 11.6 Å². The first-order valence-corrected chi connectivity index (χ1v) is 2.11. The van der Waals surface area contributed by atoms with Crippen molar-refractivity contribution < 1.29 is 8.78 Å². The van der Waals surface area contributed by atoms with Crippen molar-refractivity contribution in [3.8, 4) is 0 Å². The minimum Gasteiger partial charge on any atom is -0.246 e. The van der Waals surface area contributed by atoms with E-state index in [0.29, 0.717) is 0 Å². The predicted octanol–water partition coefficient (Wildman–Crippen LogP) is 1.87. The van der Waals surface area contributed by atoms with E-state index in [2.05, 4.69) is 0 Å². The molecule has 7 heavy (non-hydrogen) atoms. The van der Waals surface area contributed by atoms with Crippen molar-refractivity contribution in [2.45, 2.75) is 6.92 Å². The molecular weight excluding hydrogens is 98.1 g/mol.